The number of aryl methyl sites for hydroxylation is 3. The SMILES string of the molecule is Cc1cccc(Nc2cc(C3CCCCN3C(=O)C=Cc3cnn(C)c3)nc(C)n2)n1. The van der Waals surface area contributed by atoms with Gasteiger partial charge in [-0.2, -0.15) is 5.10 Å². The lowest BCUT2D eigenvalue weighted by Gasteiger charge is -2.35. The van der Waals surface area contributed by atoms with E-state index in [1.54, 1.807) is 17.0 Å². The molecule has 1 amide bonds. The van der Waals surface area contributed by atoms with Gasteiger partial charge in [-0.3, -0.25) is 9.48 Å². The summed E-state index contributed by atoms with van der Waals surface area (Å²) in [5.41, 5.74) is 2.69. The average Bonchev–Trinajstić information content (AvgIpc) is 3.17. The van der Waals surface area contributed by atoms with E-state index in [1.165, 1.54) is 0 Å². The van der Waals surface area contributed by atoms with Gasteiger partial charge in [-0.25, -0.2) is 15.0 Å². The van der Waals surface area contributed by atoms with Crippen molar-refractivity contribution in [3.05, 3.63) is 65.5 Å². The van der Waals surface area contributed by atoms with E-state index < -0.39 is 0 Å². The standard InChI is InChI=1S/C23H27N7O/c1-16-7-6-9-21(25-16)28-22-13-19(26-17(2)27-22)20-8-4-5-12-30(20)23(31)11-10-18-14-24-29(3)15-18/h6-7,9-11,13-15,20H,4-5,8,12H2,1-3H3,(H,25,26,27,28). The molecule has 0 bridgehead atoms. The van der Waals surface area contributed by atoms with E-state index >= 15 is 0 Å². The maximum Gasteiger partial charge on any atom is 0.247 e. The van der Waals surface area contributed by atoms with Gasteiger partial charge in [-0.15, -0.1) is 0 Å². The molecule has 1 fully saturated rings. The van der Waals surface area contributed by atoms with Gasteiger partial charge < -0.3 is 10.2 Å². The monoisotopic (exact) mass is 417 g/mol. The van der Waals surface area contributed by atoms with E-state index in [2.05, 4.69) is 25.4 Å². The number of anilines is 2. The zero-order valence-electron chi connectivity index (χ0n) is 18.1. The summed E-state index contributed by atoms with van der Waals surface area (Å²) in [5, 5.41) is 7.41. The van der Waals surface area contributed by atoms with Gasteiger partial charge in [-0.05, 0) is 51.3 Å². The zero-order valence-corrected chi connectivity index (χ0v) is 18.1. The van der Waals surface area contributed by atoms with E-state index in [9.17, 15) is 4.79 Å². The first-order chi connectivity index (χ1) is 15.0. The maximum atomic E-state index is 13.0. The highest BCUT2D eigenvalue weighted by molar-refractivity contribution is 5.92. The number of rotatable bonds is 5. The Morgan fingerprint density at radius 1 is 1.16 bits per heavy atom. The van der Waals surface area contributed by atoms with Crippen LogP contribution in [-0.4, -0.2) is 42.1 Å². The minimum Gasteiger partial charge on any atom is -0.331 e. The van der Waals surface area contributed by atoms with Crippen LogP contribution in [0.3, 0.4) is 0 Å². The Morgan fingerprint density at radius 3 is 2.81 bits per heavy atom. The molecule has 1 saturated heterocycles. The molecule has 0 aliphatic carbocycles. The zero-order chi connectivity index (χ0) is 21.8. The van der Waals surface area contributed by atoms with Crippen molar-refractivity contribution in [1.82, 2.24) is 29.6 Å². The number of nitrogens with one attached hydrogen (secondary N) is 1. The molecule has 4 rings (SSSR count). The molecule has 8 heteroatoms. The molecule has 3 aromatic heterocycles. The summed E-state index contributed by atoms with van der Waals surface area (Å²) in [6.07, 6.45) is 9.98. The fourth-order valence-electron chi connectivity index (χ4n) is 3.86. The van der Waals surface area contributed by atoms with Crippen LogP contribution in [0.25, 0.3) is 6.08 Å². The molecule has 1 aliphatic rings. The third-order valence-corrected chi connectivity index (χ3v) is 5.27. The van der Waals surface area contributed by atoms with Gasteiger partial charge in [0.05, 0.1) is 17.9 Å². The summed E-state index contributed by atoms with van der Waals surface area (Å²) in [4.78, 5) is 28.6. The average molecular weight is 418 g/mol. The molecule has 31 heavy (non-hydrogen) atoms. The van der Waals surface area contributed by atoms with Crippen molar-refractivity contribution in [1.29, 1.82) is 0 Å². The molecule has 1 N–H and O–H groups in total. The van der Waals surface area contributed by atoms with E-state index in [1.807, 2.05) is 62.3 Å². The molecule has 160 valence electrons. The number of piperidine rings is 1. The van der Waals surface area contributed by atoms with Crippen LogP contribution in [0.5, 0.6) is 0 Å². The minimum absolute atomic E-state index is 0.0142. The summed E-state index contributed by atoms with van der Waals surface area (Å²) in [6.45, 7) is 4.54. The van der Waals surface area contributed by atoms with Crippen LogP contribution in [0.2, 0.25) is 0 Å². The van der Waals surface area contributed by atoms with Crippen LogP contribution in [0.1, 0.15) is 48.1 Å². The van der Waals surface area contributed by atoms with E-state index in [0.717, 1.165) is 42.0 Å². The third-order valence-electron chi connectivity index (χ3n) is 5.27. The number of aromatic nitrogens is 5. The normalized spacial score (nSPS) is 16.6. The predicted octanol–water partition coefficient (Wildman–Crippen LogP) is 3.73. The molecule has 0 saturated carbocycles. The number of pyridine rings is 1. The highest BCUT2D eigenvalue weighted by Gasteiger charge is 2.28. The van der Waals surface area contributed by atoms with Crippen molar-refractivity contribution < 1.29 is 4.79 Å². The Morgan fingerprint density at radius 2 is 2.03 bits per heavy atom. The van der Waals surface area contributed by atoms with E-state index in [0.29, 0.717) is 18.2 Å². The third kappa shape index (κ3) is 5.14. The Bertz CT molecular complexity index is 1100. The second-order valence-electron chi connectivity index (χ2n) is 7.84. The van der Waals surface area contributed by atoms with Gasteiger partial charge in [-0.1, -0.05) is 6.07 Å². The van der Waals surface area contributed by atoms with E-state index in [-0.39, 0.29) is 11.9 Å². The van der Waals surface area contributed by atoms with Crippen molar-refractivity contribution in [2.75, 3.05) is 11.9 Å². The minimum atomic E-state index is -0.0764. The Hall–Kier alpha value is -3.55. The Balaban J connectivity index is 1.56. The summed E-state index contributed by atoms with van der Waals surface area (Å²) in [7, 11) is 1.86. The lowest BCUT2D eigenvalue weighted by atomic mass is 9.98. The van der Waals surface area contributed by atoms with Crippen molar-refractivity contribution in [3.63, 3.8) is 0 Å². The largest absolute Gasteiger partial charge is 0.331 e. The van der Waals surface area contributed by atoms with Gasteiger partial charge in [0.1, 0.15) is 17.5 Å². The second-order valence-corrected chi connectivity index (χ2v) is 7.84. The molecule has 4 heterocycles. The first kappa shape index (κ1) is 20.7. The van der Waals surface area contributed by atoms with Crippen molar-refractivity contribution >= 4 is 23.6 Å². The van der Waals surface area contributed by atoms with Crippen molar-refractivity contribution in [2.45, 2.75) is 39.2 Å². The highest BCUT2D eigenvalue weighted by Crippen LogP contribution is 2.31. The molecule has 1 aliphatic heterocycles. The van der Waals surface area contributed by atoms with E-state index in [4.69, 9.17) is 0 Å². The first-order valence-corrected chi connectivity index (χ1v) is 10.5. The second kappa shape index (κ2) is 9.07. The van der Waals surface area contributed by atoms with Crippen LogP contribution in [-0.2, 0) is 11.8 Å². The number of likely N-dealkylation sites (tertiary alicyclic amines) is 1. The summed E-state index contributed by atoms with van der Waals surface area (Å²) in [6, 6.07) is 7.66. The van der Waals surface area contributed by atoms with Gasteiger partial charge in [0.2, 0.25) is 5.91 Å². The topological polar surface area (TPSA) is 88.8 Å². The van der Waals surface area contributed by atoms with Gasteiger partial charge in [0, 0.05) is 43.2 Å². The van der Waals surface area contributed by atoms with Crippen LogP contribution in [0.15, 0.2) is 42.7 Å². The molecular weight excluding hydrogens is 390 g/mol. The quantitative estimate of drug-likeness (QED) is 0.636. The van der Waals surface area contributed by atoms with Crippen LogP contribution < -0.4 is 5.32 Å². The maximum absolute atomic E-state index is 13.0. The summed E-state index contributed by atoms with van der Waals surface area (Å²) < 4.78 is 1.72. The fourth-order valence-corrected chi connectivity index (χ4v) is 3.86. The van der Waals surface area contributed by atoms with Crippen LogP contribution in [0, 0.1) is 13.8 Å². The molecule has 1 unspecified atom stereocenters. The fraction of sp³-hybridized carbons (Fsp3) is 0.348. The van der Waals surface area contributed by atoms with Crippen LogP contribution in [0.4, 0.5) is 11.6 Å². The summed E-state index contributed by atoms with van der Waals surface area (Å²) in [5.74, 6) is 2.07. The Kier molecular flexibility index (Phi) is 6.06. The number of hydrogen-bond donors (Lipinski definition) is 1. The van der Waals surface area contributed by atoms with Gasteiger partial charge >= 0.3 is 0 Å². The smallest absolute Gasteiger partial charge is 0.247 e. The predicted molar refractivity (Wildman–Crippen MR) is 120 cm³/mol. The molecule has 0 spiro atoms. The number of amides is 1. The van der Waals surface area contributed by atoms with Gasteiger partial charge in [0.15, 0.2) is 0 Å². The number of carbonyl (C=O) groups excluding carboxylic acids is 1. The Labute approximate surface area is 182 Å². The molecule has 0 radical (unpaired) electrons. The first-order valence-electron chi connectivity index (χ1n) is 10.5. The molecular formula is C23H27N7O. The number of hydrogen-bond acceptors (Lipinski definition) is 6. The highest BCUT2D eigenvalue weighted by atomic mass is 16.2. The summed E-state index contributed by atoms with van der Waals surface area (Å²) >= 11 is 0. The number of nitrogens with zero attached hydrogens (tertiary/aromatic N) is 6. The van der Waals surface area contributed by atoms with Crippen LogP contribution >= 0.6 is 0 Å². The molecule has 8 nitrogen and oxygen atoms in total. The lowest BCUT2D eigenvalue weighted by molar-refractivity contribution is -0.129. The van der Waals surface area contributed by atoms with Crippen molar-refractivity contribution in [3.8, 4) is 0 Å². The molecule has 1 atom stereocenters. The molecule has 3 aromatic rings. The number of carbonyl (C=O) groups is 1. The van der Waals surface area contributed by atoms with Gasteiger partial charge in [0.25, 0.3) is 0 Å². The molecule has 0 aromatic carbocycles. The lowest BCUT2D eigenvalue weighted by Crippen LogP contribution is -2.38. The van der Waals surface area contributed by atoms with Crippen molar-refractivity contribution in [2.24, 2.45) is 7.05 Å².